The molecule has 0 spiro atoms. The number of ether oxygens (including phenoxy) is 1. The summed E-state index contributed by atoms with van der Waals surface area (Å²) in [5, 5.41) is 8.06. The average molecular weight is 329 g/mol. The fraction of sp³-hybridized carbons (Fsp3) is 0.500. The molecule has 8 nitrogen and oxygen atoms in total. The number of H-pyrrole nitrogens is 1. The van der Waals surface area contributed by atoms with Gasteiger partial charge in [-0.15, -0.1) is 5.10 Å². The Labute approximate surface area is 138 Å². The Morgan fingerprint density at radius 1 is 1.42 bits per heavy atom. The predicted molar refractivity (Wildman–Crippen MR) is 84.7 cm³/mol. The van der Waals surface area contributed by atoms with Crippen molar-refractivity contribution in [2.24, 2.45) is 0 Å². The van der Waals surface area contributed by atoms with Gasteiger partial charge in [-0.3, -0.25) is 9.59 Å². The number of amides is 1. The summed E-state index contributed by atoms with van der Waals surface area (Å²) in [5.74, 6) is -0.245. The van der Waals surface area contributed by atoms with E-state index >= 15 is 0 Å². The number of aromatic nitrogens is 4. The Bertz CT molecular complexity index is 856. The van der Waals surface area contributed by atoms with Crippen LogP contribution in [0.2, 0.25) is 0 Å². The van der Waals surface area contributed by atoms with Crippen LogP contribution in [-0.4, -0.2) is 50.0 Å². The Hall–Kier alpha value is -2.48. The number of fused-ring (bicyclic) bond motifs is 3. The van der Waals surface area contributed by atoms with Gasteiger partial charge in [0.25, 0.3) is 11.5 Å². The molecule has 1 saturated heterocycles. The van der Waals surface area contributed by atoms with Gasteiger partial charge in [-0.2, -0.15) is 0 Å². The highest BCUT2D eigenvalue weighted by Crippen LogP contribution is 2.30. The molecule has 0 aliphatic carbocycles. The lowest BCUT2D eigenvalue weighted by Gasteiger charge is -2.40. The van der Waals surface area contributed by atoms with Crippen LogP contribution in [0, 0.1) is 13.8 Å². The molecule has 24 heavy (non-hydrogen) atoms. The van der Waals surface area contributed by atoms with E-state index in [1.165, 1.54) is 0 Å². The van der Waals surface area contributed by atoms with Crippen molar-refractivity contribution >= 4 is 5.91 Å². The second kappa shape index (κ2) is 5.55. The normalized spacial score (nSPS) is 22.8. The van der Waals surface area contributed by atoms with Gasteiger partial charge in [0.05, 0.1) is 30.6 Å². The van der Waals surface area contributed by atoms with Crippen molar-refractivity contribution in [3.8, 4) is 0 Å². The molecule has 0 unspecified atom stereocenters. The van der Waals surface area contributed by atoms with Crippen LogP contribution in [0.1, 0.15) is 39.8 Å². The first-order valence-corrected chi connectivity index (χ1v) is 8.05. The zero-order valence-corrected chi connectivity index (χ0v) is 13.7. The number of hydrogen-bond acceptors (Lipinski definition) is 5. The second-order valence-electron chi connectivity index (χ2n) is 6.45. The zero-order chi connectivity index (χ0) is 16.8. The molecule has 8 heteroatoms. The fourth-order valence-corrected chi connectivity index (χ4v) is 3.42. The van der Waals surface area contributed by atoms with Gasteiger partial charge in [-0.05, 0) is 31.9 Å². The number of likely N-dealkylation sites (tertiary alicyclic amines) is 1. The first-order valence-electron chi connectivity index (χ1n) is 8.05. The Kier molecular flexibility index (Phi) is 3.49. The molecule has 126 valence electrons. The van der Waals surface area contributed by atoms with E-state index in [0.717, 1.165) is 23.4 Å². The maximum Gasteiger partial charge on any atom is 0.261 e. The van der Waals surface area contributed by atoms with Crippen molar-refractivity contribution in [2.45, 2.75) is 39.0 Å². The van der Waals surface area contributed by atoms with Crippen molar-refractivity contribution < 1.29 is 9.53 Å². The first kappa shape index (κ1) is 15.1. The number of hydrogen-bond donors (Lipinski definition) is 1. The maximum atomic E-state index is 12.8. The quantitative estimate of drug-likeness (QED) is 0.825. The van der Waals surface area contributed by atoms with E-state index in [4.69, 9.17) is 4.74 Å². The molecule has 2 atom stereocenters. The third kappa shape index (κ3) is 2.34. The highest BCUT2D eigenvalue weighted by atomic mass is 16.5. The van der Waals surface area contributed by atoms with E-state index < -0.39 is 0 Å². The molecule has 2 aromatic heterocycles. The van der Waals surface area contributed by atoms with Gasteiger partial charge in [0, 0.05) is 18.8 Å². The molecular weight excluding hydrogens is 310 g/mol. The largest absolute Gasteiger partial charge is 0.370 e. The van der Waals surface area contributed by atoms with Gasteiger partial charge in [-0.25, -0.2) is 4.68 Å². The summed E-state index contributed by atoms with van der Waals surface area (Å²) in [4.78, 5) is 29.4. The number of nitrogens with one attached hydrogen (secondary N) is 1. The molecule has 1 N–H and O–H groups in total. The topological polar surface area (TPSA) is 93.1 Å². The summed E-state index contributed by atoms with van der Waals surface area (Å²) in [7, 11) is 0. The van der Waals surface area contributed by atoms with Crippen molar-refractivity contribution in [1.82, 2.24) is 24.9 Å². The van der Waals surface area contributed by atoms with E-state index in [0.29, 0.717) is 19.7 Å². The molecular formula is C16H19N5O3. The molecule has 2 aliphatic heterocycles. The minimum atomic E-state index is -0.341. The van der Waals surface area contributed by atoms with Crippen molar-refractivity contribution in [1.29, 1.82) is 0 Å². The lowest BCUT2D eigenvalue weighted by atomic mass is 9.99. The monoisotopic (exact) mass is 329 g/mol. The molecule has 0 saturated carbocycles. The Balaban J connectivity index is 1.62. The van der Waals surface area contributed by atoms with Crippen LogP contribution in [0.4, 0.5) is 0 Å². The SMILES string of the molecule is Cc1cc(C(=O)N2CC[C@@H]3OCc4cnnn4[C@H]3C2)c(=O)[nH]c1C. The molecule has 0 aromatic carbocycles. The van der Waals surface area contributed by atoms with Crippen LogP contribution in [0.15, 0.2) is 17.1 Å². The molecule has 0 radical (unpaired) electrons. The van der Waals surface area contributed by atoms with Gasteiger partial charge in [-0.1, -0.05) is 5.21 Å². The smallest absolute Gasteiger partial charge is 0.261 e. The zero-order valence-electron chi connectivity index (χ0n) is 13.7. The van der Waals surface area contributed by atoms with Crippen molar-refractivity contribution in [2.75, 3.05) is 13.1 Å². The summed E-state index contributed by atoms with van der Waals surface area (Å²) in [6, 6.07) is 1.61. The third-order valence-electron chi connectivity index (χ3n) is 4.94. The van der Waals surface area contributed by atoms with Gasteiger partial charge in [0.15, 0.2) is 0 Å². The van der Waals surface area contributed by atoms with Gasteiger partial charge in [0.2, 0.25) is 0 Å². The van der Waals surface area contributed by atoms with Crippen LogP contribution in [0.5, 0.6) is 0 Å². The lowest BCUT2D eigenvalue weighted by molar-refractivity contribution is -0.0605. The highest BCUT2D eigenvalue weighted by Gasteiger charge is 2.38. The number of carbonyl (C=O) groups is 1. The molecule has 4 rings (SSSR count). The van der Waals surface area contributed by atoms with Crippen molar-refractivity contribution in [3.05, 3.63) is 45.1 Å². The second-order valence-corrected chi connectivity index (χ2v) is 6.45. The average Bonchev–Trinajstić information content (AvgIpc) is 3.06. The Morgan fingerprint density at radius 2 is 2.25 bits per heavy atom. The minimum absolute atomic E-state index is 0.0290. The summed E-state index contributed by atoms with van der Waals surface area (Å²) in [6.45, 7) is 5.23. The summed E-state index contributed by atoms with van der Waals surface area (Å²) in [5.41, 5.74) is 2.43. The van der Waals surface area contributed by atoms with Crippen LogP contribution >= 0.6 is 0 Å². The summed E-state index contributed by atoms with van der Waals surface area (Å²) >= 11 is 0. The van der Waals surface area contributed by atoms with Gasteiger partial charge < -0.3 is 14.6 Å². The number of rotatable bonds is 1. The first-order chi connectivity index (χ1) is 11.5. The number of nitrogens with zero attached hydrogens (tertiary/aromatic N) is 4. The molecule has 4 heterocycles. The molecule has 2 aliphatic rings. The third-order valence-corrected chi connectivity index (χ3v) is 4.94. The van der Waals surface area contributed by atoms with Crippen LogP contribution in [0.3, 0.4) is 0 Å². The number of pyridine rings is 1. The predicted octanol–water partition coefficient (Wildman–Crippen LogP) is 0.569. The minimum Gasteiger partial charge on any atom is -0.370 e. The number of carbonyl (C=O) groups excluding carboxylic acids is 1. The fourth-order valence-electron chi connectivity index (χ4n) is 3.42. The van der Waals surface area contributed by atoms with Gasteiger partial charge >= 0.3 is 0 Å². The van der Waals surface area contributed by atoms with E-state index in [2.05, 4.69) is 15.3 Å². The standard InChI is InChI=1S/C16H19N5O3/c1-9-5-12(15(22)18-10(9)2)16(23)20-4-3-14-13(7-20)21-11(8-24-14)6-17-19-21/h5-6,13-14H,3-4,7-8H2,1-2H3,(H,18,22)/t13-,14-/m0/s1. The van der Waals surface area contributed by atoms with Crippen LogP contribution in [0.25, 0.3) is 0 Å². The summed E-state index contributed by atoms with van der Waals surface area (Å²) < 4.78 is 7.70. The number of piperidine rings is 1. The molecule has 0 bridgehead atoms. The summed E-state index contributed by atoms with van der Waals surface area (Å²) in [6.07, 6.45) is 2.44. The molecule has 1 amide bonds. The maximum absolute atomic E-state index is 12.8. The lowest BCUT2D eigenvalue weighted by Crippen LogP contribution is -2.50. The van der Waals surface area contributed by atoms with Crippen LogP contribution < -0.4 is 5.56 Å². The molecule has 2 aromatic rings. The highest BCUT2D eigenvalue weighted by molar-refractivity contribution is 5.94. The van der Waals surface area contributed by atoms with E-state index in [1.807, 2.05) is 18.5 Å². The van der Waals surface area contributed by atoms with Crippen molar-refractivity contribution in [3.63, 3.8) is 0 Å². The van der Waals surface area contributed by atoms with E-state index in [9.17, 15) is 9.59 Å². The van der Waals surface area contributed by atoms with E-state index in [-0.39, 0.29) is 29.2 Å². The number of aromatic amines is 1. The Morgan fingerprint density at radius 3 is 3.08 bits per heavy atom. The number of aryl methyl sites for hydroxylation is 2. The van der Waals surface area contributed by atoms with Crippen LogP contribution in [-0.2, 0) is 11.3 Å². The van der Waals surface area contributed by atoms with Gasteiger partial charge in [0.1, 0.15) is 5.56 Å². The molecule has 1 fully saturated rings. The van der Waals surface area contributed by atoms with E-state index in [1.54, 1.807) is 17.2 Å².